The molecule has 1 amide bonds. The maximum Gasteiger partial charge on any atom is 0.239 e. The van der Waals surface area contributed by atoms with Gasteiger partial charge in [0.2, 0.25) is 5.91 Å². The lowest BCUT2D eigenvalue weighted by molar-refractivity contribution is -0.131. The Balaban J connectivity index is 2.35. The molecule has 1 unspecified atom stereocenters. The highest BCUT2D eigenvalue weighted by Crippen LogP contribution is 2.15. The predicted molar refractivity (Wildman–Crippen MR) is 61.5 cm³/mol. The first kappa shape index (κ1) is 12.5. The summed E-state index contributed by atoms with van der Waals surface area (Å²) in [4.78, 5) is 15.8. The van der Waals surface area contributed by atoms with E-state index in [1.165, 1.54) is 6.42 Å². The van der Waals surface area contributed by atoms with Crippen molar-refractivity contribution < 1.29 is 4.79 Å². The van der Waals surface area contributed by atoms with E-state index in [0.717, 1.165) is 19.6 Å². The highest BCUT2D eigenvalue weighted by atomic mass is 16.2. The topological polar surface area (TPSA) is 49.6 Å². The van der Waals surface area contributed by atoms with Crippen LogP contribution in [0.3, 0.4) is 0 Å². The van der Waals surface area contributed by atoms with Gasteiger partial charge in [0.15, 0.2) is 0 Å². The molecule has 0 spiro atoms. The summed E-state index contributed by atoms with van der Waals surface area (Å²) < 4.78 is 0. The second-order valence-corrected chi connectivity index (χ2v) is 4.65. The van der Waals surface area contributed by atoms with E-state index >= 15 is 0 Å². The van der Waals surface area contributed by atoms with Crippen LogP contribution in [0.25, 0.3) is 0 Å². The Bertz CT molecular complexity index is 220. The van der Waals surface area contributed by atoms with Gasteiger partial charge >= 0.3 is 0 Å². The standard InChI is InChI=1S/C11H23N3O/c1-4-10(12)11(15)14(3)8-9-5-6-13(2)7-9/h9-10H,4-8,12H2,1-3H3/t9?,10-/m1/s1. The Morgan fingerprint density at radius 3 is 2.80 bits per heavy atom. The van der Waals surface area contributed by atoms with E-state index in [2.05, 4.69) is 11.9 Å². The van der Waals surface area contributed by atoms with E-state index < -0.39 is 0 Å². The summed E-state index contributed by atoms with van der Waals surface area (Å²) in [6, 6.07) is -0.325. The summed E-state index contributed by atoms with van der Waals surface area (Å²) in [5, 5.41) is 0. The largest absolute Gasteiger partial charge is 0.344 e. The first-order valence-electron chi connectivity index (χ1n) is 5.73. The van der Waals surface area contributed by atoms with Crippen molar-refractivity contribution >= 4 is 5.91 Å². The quantitative estimate of drug-likeness (QED) is 0.722. The number of hydrogen-bond donors (Lipinski definition) is 1. The van der Waals surface area contributed by atoms with Crippen LogP contribution in [0.1, 0.15) is 19.8 Å². The number of carbonyl (C=O) groups is 1. The lowest BCUT2D eigenvalue weighted by Gasteiger charge is -2.23. The van der Waals surface area contributed by atoms with Crippen LogP contribution in [0.15, 0.2) is 0 Å². The lowest BCUT2D eigenvalue weighted by Crippen LogP contribution is -2.43. The van der Waals surface area contributed by atoms with Crippen LogP contribution in [-0.4, -0.2) is 55.5 Å². The molecule has 0 bridgehead atoms. The molecule has 1 rings (SSSR count). The van der Waals surface area contributed by atoms with E-state index in [4.69, 9.17) is 5.73 Å². The maximum absolute atomic E-state index is 11.7. The van der Waals surface area contributed by atoms with Crippen molar-refractivity contribution in [1.29, 1.82) is 0 Å². The summed E-state index contributed by atoms with van der Waals surface area (Å²) in [7, 11) is 3.98. The maximum atomic E-state index is 11.7. The smallest absolute Gasteiger partial charge is 0.239 e. The SMILES string of the molecule is CC[C@@H](N)C(=O)N(C)CC1CCN(C)C1. The number of nitrogens with two attached hydrogens (primary N) is 1. The van der Waals surface area contributed by atoms with Crippen molar-refractivity contribution in [3.63, 3.8) is 0 Å². The molecule has 0 aromatic carbocycles. The molecule has 0 aromatic rings. The van der Waals surface area contributed by atoms with Crippen LogP contribution in [0, 0.1) is 5.92 Å². The Kier molecular flexibility index (Phi) is 4.54. The molecule has 4 nitrogen and oxygen atoms in total. The van der Waals surface area contributed by atoms with Crippen LogP contribution in [0.2, 0.25) is 0 Å². The summed E-state index contributed by atoms with van der Waals surface area (Å²) in [5.41, 5.74) is 5.72. The molecule has 0 saturated carbocycles. The van der Waals surface area contributed by atoms with E-state index in [9.17, 15) is 4.79 Å². The molecule has 1 saturated heterocycles. The average molecular weight is 213 g/mol. The van der Waals surface area contributed by atoms with Gasteiger partial charge in [-0.05, 0) is 32.4 Å². The molecule has 0 radical (unpaired) electrons. The summed E-state index contributed by atoms with van der Waals surface area (Å²) >= 11 is 0. The van der Waals surface area contributed by atoms with Crippen molar-refractivity contribution in [2.45, 2.75) is 25.8 Å². The van der Waals surface area contributed by atoms with Gasteiger partial charge in [-0.25, -0.2) is 0 Å². The third-order valence-corrected chi connectivity index (χ3v) is 3.15. The number of likely N-dealkylation sites (N-methyl/N-ethyl adjacent to an activating group) is 1. The molecule has 0 aromatic heterocycles. The van der Waals surface area contributed by atoms with Crippen LogP contribution in [0.5, 0.6) is 0 Å². The number of hydrogen-bond acceptors (Lipinski definition) is 3. The molecule has 2 atom stereocenters. The van der Waals surface area contributed by atoms with Crippen molar-refractivity contribution in [2.24, 2.45) is 11.7 Å². The summed E-state index contributed by atoms with van der Waals surface area (Å²) in [6.07, 6.45) is 1.91. The number of likely N-dealkylation sites (tertiary alicyclic amines) is 1. The molecule has 4 heteroatoms. The zero-order chi connectivity index (χ0) is 11.4. The van der Waals surface area contributed by atoms with Gasteiger partial charge in [-0.1, -0.05) is 6.92 Å². The van der Waals surface area contributed by atoms with Gasteiger partial charge in [0.25, 0.3) is 0 Å². The minimum absolute atomic E-state index is 0.0760. The summed E-state index contributed by atoms with van der Waals surface area (Å²) in [5.74, 6) is 0.694. The Morgan fingerprint density at radius 1 is 1.67 bits per heavy atom. The monoisotopic (exact) mass is 213 g/mol. The van der Waals surface area contributed by atoms with Gasteiger partial charge in [0, 0.05) is 20.1 Å². The lowest BCUT2D eigenvalue weighted by atomic mass is 10.1. The number of nitrogens with zero attached hydrogens (tertiary/aromatic N) is 2. The average Bonchev–Trinajstić information content (AvgIpc) is 2.61. The van der Waals surface area contributed by atoms with Crippen LogP contribution in [-0.2, 0) is 4.79 Å². The fraction of sp³-hybridized carbons (Fsp3) is 0.909. The van der Waals surface area contributed by atoms with Gasteiger partial charge in [0.05, 0.1) is 6.04 Å². The molecule has 1 aliphatic rings. The van der Waals surface area contributed by atoms with Crippen molar-refractivity contribution in [3.05, 3.63) is 0 Å². The van der Waals surface area contributed by atoms with Gasteiger partial charge in [-0.15, -0.1) is 0 Å². The fourth-order valence-corrected chi connectivity index (χ4v) is 2.11. The number of rotatable bonds is 4. The molecule has 1 fully saturated rings. The minimum atomic E-state index is -0.325. The van der Waals surface area contributed by atoms with E-state index in [1.54, 1.807) is 4.90 Å². The Labute approximate surface area is 92.4 Å². The van der Waals surface area contributed by atoms with Gasteiger partial charge < -0.3 is 15.5 Å². The van der Waals surface area contributed by atoms with E-state index in [1.807, 2.05) is 14.0 Å². The van der Waals surface area contributed by atoms with E-state index in [0.29, 0.717) is 12.3 Å². The molecule has 1 heterocycles. The van der Waals surface area contributed by atoms with Gasteiger partial charge in [0.1, 0.15) is 0 Å². The predicted octanol–water partition coefficient (Wildman–Crippen LogP) is 0.134. The normalized spacial score (nSPS) is 24.1. The number of amides is 1. The molecule has 1 aliphatic heterocycles. The molecular formula is C11H23N3O. The highest BCUT2D eigenvalue weighted by Gasteiger charge is 2.24. The molecule has 0 aliphatic carbocycles. The second-order valence-electron chi connectivity index (χ2n) is 4.65. The molecule has 88 valence electrons. The van der Waals surface area contributed by atoms with Crippen molar-refractivity contribution in [1.82, 2.24) is 9.80 Å². The van der Waals surface area contributed by atoms with Crippen LogP contribution < -0.4 is 5.73 Å². The Morgan fingerprint density at radius 2 is 2.33 bits per heavy atom. The van der Waals surface area contributed by atoms with Crippen molar-refractivity contribution in [2.75, 3.05) is 33.7 Å². The summed E-state index contributed by atoms with van der Waals surface area (Å²) in [6.45, 7) is 5.03. The fourth-order valence-electron chi connectivity index (χ4n) is 2.11. The molecular weight excluding hydrogens is 190 g/mol. The van der Waals surface area contributed by atoms with Gasteiger partial charge in [-0.3, -0.25) is 4.79 Å². The second kappa shape index (κ2) is 5.47. The highest BCUT2D eigenvalue weighted by molar-refractivity contribution is 5.81. The Hall–Kier alpha value is -0.610. The third-order valence-electron chi connectivity index (χ3n) is 3.15. The molecule has 15 heavy (non-hydrogen) atoms. The van der Waals surface area contributed by atoms with Crippen LogP contribution in [0.4, 0.5) is 0 Å². The molecule has 2 N–H and O–H groups in total. The van der Waals surface area contributed by atoms with E-state index in [-0.39, 0.29) is 11.9 Å². The minimum Gasteiger partial charge on any atom is -0.344 e. The zero-order valence-electron chi connectivity index (χ0n) is 10.1. The van der Waals surface area contributed by atoms with Gasteiger partial charge in [-0.2, -0.15) is 0 Å². The first-order chi connectivity index (χ1) is 7.04. The van der Waals surface area contributed by atoms with Crippen molar-refractivity contribution in [3.8, 4) is 0 Å². The number of carbonyl (C=O) groups excluding carboxylic acids is 1. The van der Waals surface area contributed by atoms with Crippen LogP contribution >= 0.6 is 0 Å². The zero-order valence-corrected chi connectivity index (χ0v) is 10.1. The first-order valence-corrected chi connectivity index (χ1v) is 5.73. The third kappa shape index (κ3) is 3.47.